The molecule has 5 heteroatoms. The fourth-order valence-corrected chi connectivity index (χ4v) is 1.50. The molecule has 0 spiro atoms. The first-order valence-electron chi connectivity index (χ1n) is 3.21. The van der Waals surface area contributed by atoms with Crippen LogP contribution in [0.1, 0.15) is 13.3 Å². The molecule has 1 unspecified atom stereocenters. The van der Waals surface area contributed by atoms with Gasteiger partial charge in [-0.15, -0.1) is 0 Å². The second-order valence-corrected chi connectivity index (χ2v) is 3.84. The Labute approximate surface area is 68.8 Å². The van der Waals surface area contributed by atoms with Crippen molar-refractivity contribution >= 4 is 11.8 Å². The molecule has 62 valence electrons. The number of thioether (sulfide) groups is 1. The van der Waals surface area contributed by atoms with Crippen LogP contribution in [0.3, 0.4) is 0 Å². The zero-order chi connectivity index (χ0) is 8.32. The van der Waals surface area contributed by atoms with Crippen molar-refractivity contribution < 1.29 is 9.66 Å². The molecule has 1 atom stereocenters. The summed E-state index contributed by atoms with van der Waals surface area (Å²) in [6.45, 7) is 1.85. The van der Waals surface area contributed by atoms with Gasteiger partial charge in [0.05, 0.1) is 6.26 Å². The van der Waals surface area contributed by atoms with Crippen LogP contribution < -0.4 is 0 Å². The van der Waals surface area contributed by atoms with E-state index < -0.39 is 4.93 Å². The minimum atomic E-state index is -0.410. The number of hydrogen-bond donors (Lipinski definition) is 0. The molecule has 1 aliphatic heterocycles. The Bertz CT molecular complexity index is 184. The quantitative estimate of drug-likeness (QED) is 0.371. The van der Waals surface area contributed by atoms with E-state index in [0.717, 1.165) is 6.42 Å². The van der Waals surface area contributed by atoms with Crippen LogP contribution in [-0.2, 0) is 4.74 Å². The Morgan fingerprint density at radius 3 is 3.09 bits per heavy atom. The Balaban J connectivity index is 2.30. The lowest BCUT2D eigenvalue weighted by Crippen LogP contribution is -2.19. The normalized spacial score (nSPS) is 28.5. The molecule has 0 radical (unpaired) electrons. The molecule has 1 aliphatic rings. The van der Waals surface area contributed by atoms with Crippen molar-refractivity contribution in [3.8, 4) is 0 Å². The lowest BCUT2D eigenvalue weighted by molar-refractivity contribution is -0.457. The maximum Gasteiger partial charge on any atom is 0.252 e. The summed E-state index contributed by atoms with van der Waals surface area (Å²) in [7, 11) is 0. The van der Waals surface area contributed by atoms with Gasteiger partial charge in [0, 0.05) is 11.3 Å². The highest BCUT2D eigenvalue weighted by molar-refractivity contribution is 8.00. The Hall–Kier alpha value is -0.710. The van der Waals surface area contributed by atoms with E-state index >= 15 is 0 Å². The average Bonchev–Trinajstić information content (AvgIpc) is 2.33. The van der Waals surface area contributed by atoms with Crippen LogP contribution >= 0.6 is 11.8 Å². The van der Waals surface area contributed by atoms with Crippen LogP contribution in [0.4, 0.5) is 0 Å². The molecule has 0 aliphatic carbocycles. The van der Waals surface area contributed by atoms with Gasteiger partial charge in [0.25, 0.3) is 5.88 Å². The van der Waals surface area contributed by atoms with E-state index in [9.17, 15) is 10.1 Å². The third-order valence-corrected chi connectivity index (χ3v) is 2.59. The highest BCUT2D eigenvalue weighted by atomic mass is 32.2. The Morgan fingerprint density at radius 1 is 1.91 bits per heavy atom. The summed E-state index contributed by atoms with van der Waals surface area (Å²) < 4.78 is 5.17. The van der Waals surface area contributed by atoms with Gasteiger partial charge in [0.1, 0.15) is 0 Å². The maximum absolute atomic E-state index is 10.0. The van der Waals surface area contributed by atoms with Crippen LogP contribution in [0, 0.1) is 10.1 Å². The third-order valence-electron chi connectivity index (χ3n) is 1.38. The summed E-state index contributed by atoms with van der Waals surface area (Å²) in [5, 5.41) is 10.0. The van der Waals surface area contributed by atoms with Crippen molar-refractivity contribution in [3.05, 3.63) is 22.5 Å². The summed E-state index contributed by atoms with van der Waals surface area (Å²) >= 11 is 1.21. The van der Waals surface area contributed by atoms with Crippen LogP contribution in [0.5, 0.6) is 0 Å². The van der Waals surface area contributed by atoms with E-state index in [1.54, 1.807) is 6.26 Å². The van der Waals surface area contributed by atoms with Crippen molar-refractivity contribution in [1.82, 2.24) is 0 Å². The van der Waals surface area contributed by atoms with Crippen molar-refractivity contribution in [2.45, 2.75) is 18.3 Å². The smallest absolute Gasteiger partial charge is 0.252 e. The van der Waals surface area contributed by atoms with Crippen LogP contribution in [0.2, 0.25) is 0 Å². The lowest BCUT2D eigenvalue weighted by Gasteiger charge is -2.19. The van der Waals surface area contributed by atoms with E-state index in [0.29, 0.717) is 0 Å². The number of rotatable bonds is 3. The average molecular weight is 175 g/mol. The third kappa shape index (κ3) is 2.42. The monoisotopic (exact) mass is 175 g/mol. The molecular formula is C6H9NO3S. The van der Waals surface area contributed by atoms with Crippen molar-refractivity contribution in [1.29, 1.82) is 0 Å². The van der Waals surface area contributed by atoms with Crippen LogP contribution in [-0.4, -0.2) is 15.7 Å². The molecule has 1 heterocycles. The minimum absolute atomic E-state index is 0.0990. The Morgan fingerprint density at radius 2 is 2.64 bits per heavy atom. The van der Waals surface area contributed by atoms with Gasteiger partial charge in [-0.25, -0.2) is 0 Å². The highest BCUT2D eigenvalue weighted by Gasteiger charge is 2.29. The van der Waals surface area contributed by atoms with Gasteiger partial charge in [-0.2, -0.15) is 0 Å². The largest absolute Gasteiger partial charge is 0.484 e. The van der Waals surface area contributed by atoms with Crippen LogP contribution in [0.25, 0.3) is 0 Å². The summed E-state index contributed by atoms with van der Waals surface area (Å²) in [4.78, 5) is 9.25. The second kappa shape index (κ2) is 3.13. The number of nitrogens with zero attached hydrogens (tertiary/aromatic N) is 1. The predicted molar refractivity (Wildman–Crippen MR) is 42.7 cm³/mol. The van der Waals surface area contributed by atoms with Gasteiger partial charge in [0.15, 0.2) is 4.93 Å². The zero-order valence-corrected chi connectivity index (χ0v) is 6.97. The fourth-order valence-electron chi connectivity index (χ4n) is 0.785. The number of nitro groups is 1. The Kier molecular flexibility index (Phi) is 2.38. The molecule has 0 saturated carbocycles. The minimum Gasteiger partial charge on any atom is -0.484 e. The SMILES string of the molecule is CC1(SC[N+](=O)[O-])CC=CO1. The summed E-state index contributed by atoms with van der Waals surface area (Å²) in [6, 6.07) is 0. The van der Waals surface area contributed by atoms with Crippen molar-refractivity contribution in [2.75, 3.05) is 5.88 Å². The lowest BCUT2D eigenvalue weighted by atomic mass is 10.3. The van der Waals surface area contributed by atoms with E-state index in [1.807, 2.05) is 13.0 Å². The number of ether oxygens (including phenoxy) is 1. The van der Waals surface area contributed by atoms with Gasteiger partial charge in [-0.3, -0.25) is 10.1 Å². The molecule has 0 aromatic carbocycles. The van der Waals surface area contributed by atoms with E-state index in [2.05, 4.69) is 0 Å². The highest BCUT2D eigenvalue weighted by Crippen LogP contribution is 2.34. The van der Waals surface area contributed by atoms with E-state index in [4.69, 9.17) is 4.74 Å². The van der Waals surface area contributed by atoms with Crippen molar-refractivity contribution in [2.24, 2.45) is 0 Å². The summed E-state index contributed by atoms with van der Waals surface area (Å²) in [5.41, 5.74) is 0. The van der Waals surface area contributed by atoms with Crippen LogP contribution in [0.15, 0.2) is 12.3 Å². The summed E-state index contributed by atoms with van der Waals surface area (Å²) in [6.07, 6.45) is 4.20. The first kappa shape index (κ1) is 8.39. The molecule has 0 fully saturated rings. The molecule has 0 saturated heterocycles. The molecule has 0 N–H and O–H groups in total. The number of hydrogen-bond acceptors (Lipinski definition) is 4. The molecule has 11 heavy (non-hydrogen) atoms. The molecule has 0 bridgehead atoms. The first-order valence-corrected chi connectivity index (χ1v) is 4.19. The standard InChI is InChI=1S/C6H9NO3S/c1-6(3-2-4-10-6)11-5-7(8)9/h2,4H,3,5H2,1H3. The zero-order valence-electron chi connectivity index (χ0n) is 6.15. The summed E-state index contributed by atoms with van der Waals surface area (Å²) in [5.74, 6) is -0.0990. The first-order chi connectivity index (χ1) is 5.12. The van der Waals surface area contributed by atoms with E-state index in [1.165, 1.54) is 11.8 Å². The van der Waals surface area contributed by atoms with Crippen molar-refractivity contribution in [3.63, 3.8) is 0 Å². The maximum atomic E-state index is 10.0. The van der Waals surface area contributed by atoms with Gasteiger partial charge < -0.3 is 4.74 Å². The topological polar surface area (TPSA) is 52.4 Å². The van der Waals surface area contributed by atoms with Gasteiger partial charge >= 0.3 is 0 Å². The fraction of sp³-hybridized carbons (Fsp3) is 0.667. The van der Waals surface area contributed by atoms with Gasteiger partial charge in [0.2, 0.25) is 0 Å². The molecule has 0 aromatic heterocycles. The molecular weight excluding hydrogens is 166 g/mol. The molecule has 4 nitrogen and oxygen atoms in total. The van der Waals surface area contributed by atoms with Gasteiger partial charge in [-0.1, -0.05) is 0 Å². The van der Waals surface area contributed by atoms with Gasteiger partial charge in [-0.05, 0) is 24.8 Å². The molecule has 0 amide bonds. The second-order valence-electron chi connectivity index (χ2n) is 2.43. The molecule has 1 rings (SSSR count). The molecule has 0 aromatic rings. The van der Waals surface area contributed by atoms with E-state index in [-0.39, 0.29) is 10.8 Å². The predicted octanol–water partition coefficient (Wildman–Crippen LogP) is 1.60.